The number of hydrogen-bond acceptors (Lipinski definition) is 3. The first kappa shape index (κ1) is 7.88. The molecule has 9 heavy (non-hydrogen) atoms. The molecule has 0 aromatic heterocycles. The van der Waals surface area contributed by atoms with Crippen LogP contribution in [0.25, 0.3) is 0 Å². The van der Waals surface area contributed by atoms with Gasteiger partial charge in [-0.3, -0.25) is 4.79 Å². The Morgan fingerprint density at radius 2 is 2.33 bits per heavy atom. The van der Waals surface area contributed by atoms with Crippen LogP contribution < -0.4 is 0 Å². The van der Waals surface area contributed by atoms with Crippen molar-refractivity contribution in [3.05, 3.63) is 12.8 Å². The summed E-state index contributed by atoms with van der Waals surface area (Å²) in [4.78, 5) is 20.3. The van der Waals surface area contributed by atoms with Crippen molar-refractivity contribution in [3.8, 4) is 0 Å². The molecule has 0 spiro atoms. The zero-order valence-electron chi connectivity index (χ0n) is 5.16. The van der Waals surface area contributed by atoms with Crippen LogP contribution in [0.15, 0.2) is 12.8 Å². The quantitative estimate of drug-likeness (QED) is 0.241. The predicted octanol–water partition coefficient (Wildman–Crippen LogP) is 0.508. The van der Waals surface area contributed by atoms with Crippen LogP contribution in [-0.4, -0.2) is 12.3 Å². The molecule has 1 atom stereocenters. The third-order valence-corrected chi connectivity index (χ3v) is 0.775. The van der Waals surface area contributed by atoms with Crippen molar-refractivity contribution in [2.45, 2.75) is 6.92 Å². The van der Waals surface area contributed by atoms with Crippen molar-refractivity contribution in [1.82, 2.24) is 0 Å². The third-order valence-electron chi connectivity index (χ3n) is 0.775. The topological polar surface area (TPSA) is 43.4 Å². The highest BCUT2D eigenvalue weighted by atomic mass is 16.5. The lowest BCUT2D eigenvalue weighted by Gasteiger charge is -1.97. The number of rotatable bonds is 3. The molecule has 0 heterocycles. The monoisotopic (exact) mass is 128 g/mol. The minimum absolute atomic E-state index is 0.520. The zero-order valence-corrected chi connectivity index (χ0v) is 5.16. The summed E-state index contributed by atoms with van der Waals surface area (Å²) in [6.45, 7) is 4.62. The predicted molar refractivity (Wildman–Crippen MR) is 31.5 cm³/mol. The smallest absolute Gasteiger partial charge is 0.320 e. The van der Waals surface area contributed by atoms with E-state index in [0.29, 0.717) is 6.29 Å². The van der Waals surface area contributed by atoms with Crippen molar-refractivity contribution < 1.29 is 14.3 Å². The number of aldehydes is 1. The van der Waals surface area contributed by atoms with Crippen LogP contribution in [0.5, 0.6) is 0 Å². The molecule has 1 unspecified atom stereocenters. The Balaban J connectivity index is 3.71. The second kappa shape index (κ2) is 3.83. The summed E-state index contributed by atoms with van der Waals surface area (Å²) in [6, 6.07) is 0. The van der Waals surface area contributed by atoms with Crippen LogP contribution in [0.1, 0.15) is 6.92 Å². The Morgan fingerprint density at radius 1 is 1.78 bits per heavy atom. The fourth-order valence-electron chi connectivity index (χ4n) is 0.245. The maximum Gasteiger partial charge on any atom is 0.320 e. The number of hydrogen-bond donors (Lipinski definition) is 0. The maximum absolute atomic E-state index is 10.4. The highest BCUT2D eigenvalue weighted by molar-refractivity contribution is 5.87. The van der Waals surface area contributed by atoms with Crippen molar-refractivity contribution in [2.75, 3.05) is 0 Å². The molecule has 0 aliphatic rings. The van der Waals surface area contributed by atoms with Crippen molar-refractivity contribution in [1.29, 1.82) is 0 Å². The number of esters is 1. The van der Waals surface area contributed by atoms with Crippen LogP contribution in [0, 0.1) is 5.92 Å². The molecule has 0 radical (unpaired) electrons. The third kappa shape index (κ3) is 2.64. The van der Waals surface area contributed by atoms with Crippen molar-refractivity contribution in [2.24, 2.45) is 5.92 Å². The van der Waals surface area contributed by atoms with Gasteiger partial charge in [0.1, 0.15) is 12.2 Å². The van der Waals surface area contributed by atoms with E-state index in [-0.39, 0.29) is 0 Å². The highest BCUT2D eigenvalue weighted by Gasteiger charge is 2.10. The molecule has 0 saturated heterocycles. The van der Waals surface area contributed by atoms with Gasteiger partial charge in [0.2, 0.25) is 0 Å². The molecule has 0 N–H and O–H groups in total. The summed E-state index contributed by atoms with van der Waals surface area (Å²) in [5.74, 6) is -1.26. The molecule has 50 valence electrons. The van der Waals surface area contributed by atoms with Gasteiger partial charge in [-0.25, -0.2) is 0 Å². The van der Waals surface area contributed by atoms with Gasteiger partial charge in [-0.05, 0) is 6.92 Å². The zero-order chi connectivity index (χ0) is 7.28. The van der Waals surface area contributed by atoms with E-state index in [4.69, 9.17) is 0 Å². The maximum atomic E-state index is 10.4. The first-order valence-electron chi connectivity index (χ1n) is 2.49. The van der Waals surface area contributed by atoms with Crippen LogP contribution in [0.3, 0.4) is 0 Å². The molecular weight excluding hydrogens is 120 g/mol. The average Bonchev–Trinajstić information content (AvgIpc) is 1.87. The van der Waals surface area contributed by atoms with E-state index in [2.05, 4.69) is 11.3 Å². The van der Waals surface area contributed by atoms with Gasteiger partial charge in [-0.1, -0.05) is 6.58 Å². The Labute approximate surface area is 53.3 Å². The van der Waals surface area contributed by atoms with Crippen molar-refractivity contribution >= 4 is 12.3 Å². The summed E-state index contributed by atoms with van der Waals surface area (Å²) in [7, 11) is 0. The number of carbonyl (C=O) groups is 2. The van der Waals surface area contributed by atoms with E-state index < -0.39 is 11.9 Å². The van der Waals surface area contributed by atoms with E-state index in [1.807, 2.05) is 0 Å². The van der Waals surface area contributed by atoms with E-state index in [0.717, 1.165) is 6.26 Å². The number of carbonyl (C=O) groups excluding carboxylic acids is 2. The molecule has 0 saturated carbocycles. The van der Waals surface area contributed by atoms with E-state index in [1.165, 1.54) is 6.92 Å². The van der Waals surface area contributed by atoms with Crippen LogP contribution in [0.4, 0.5) is 0 Å². The summed E-state index contributed by atoms with van der Waals surface area (Å²) in [6.07, 6.45) is 1.52. The lowest BCUT2D eigenvalue weighted by Crippen LogP contribution is -2.12. The fraction of sp³-hybridized carbons (Fsp3) is 0.333. The lowest BCUT2D eigenvalue weighted by atomic mass is 10.2. The molecule has 3 nitrogen and oxygen atoms in total. The molecule has 0 aliphatic carbocycles. The van der Waals surface area contributed by atoms with Crippen LogP contribution >= 0.6 is 0 Å². The molecule has 3 heteroatoms. The first-order valence-corrected chi connectivity index (χ1v) is 2.49. The van der Waals surface area contributed by atoms with E-state index >= 15 is 0 Å². The summed E-state index contributed by atoms with van der Waals surface area (Å²) in [5, 5.41) is 0. The van der Waals surface area contributed by atoms with Gasteiger partial charge < -0.3 is 9.53 Å². The fourth-order valence-corrected chi connectivity index (χ4v) is 0.245. The van der Waals surface area contributed by atoms with Crippen LogP contribution in [-0.2, 0) is 14.3 Å². The Hall–Kier alpha value is -1.12. The SMILES string of the molecule is C=COC(=O)C(C)C=O. The van der Waals surface area contributed by atoms with Gasteiger partial charge in [-0.15, -0.1) is 0 Å². The van der Waals surface area contributed by atoms with Gasteiger partial charge in [0, 0.05) is 0 Å². The Morgan fingerprint density at radius 3 is 2.67 bits per heavy atom. The molecule has 0 amide bonds. The minimum Gasteiger partial charge on any atom is -0.435 e. The molecule has 0 rings (SSSR count). The van der Waals surface area contributed by atoms with Gasteiger partial charge >= 0.3 is 5.97 Å². The summed E-state index contributed by atoms with van der Waals surface area (Å²) >= 11 is 0. The highest BCUT2D eigenvalue weighted by Crippen LogP contribution is 1.92. The van der Waals surface area contributed by atoms with Gasteiger partial charge in [0.25, 0.3) is 0 Å². The average molecular weight is 128 g/mol. The number of ether oxygens (including phenoxy) is 1. The molecule has 0 fully saturated rings. The largest absolute Gasteiger partial charge is 0.435 e. The Kier molecular flexibility index (Phi) is 3.35. The summed E-state index contributed by atoms with van der Waals surface area (Å²) in [5.41, 5.74) is 0. The Bertz CT molecular complexity index is 128. The molecule has 0 aliphatic heterocycles. The first-order chi connectivity index (χ1) is 4.22. The molecule has 0 bridgehead atoms. The molecular formula is C6H8O3. The second-order valence-electron chi connectivity index (χ2n) is 1.53. The minimum atomic E-state index is -0.692. The summed E-state index contributed by atoms with van der Waals surface area (Å²) < 4.78 is 4.29. The standard InChI is InChI=1S/C6H8O3/c1-3-9-6(8)5(2)4-7/h3-5H,1H2,2H3. The second-order valence-corrected chi connectivity index (χ2v) is 1.53. The van der Waals surface area contributed by atoms with Gasteiger partial charge in [0.15, 0.2) is 0 Å². The van der Waals surface area contributed by atoms with E-state index in [9.17, 15) is 9.59 Å². The lowest BCUT2D eigenvalue weighted by molar-refractivity contribution is -0.143. The molecule has 0 aromatic carbocycles. The van der Waals surface area contributed by atoms with E-state index in [1.54, 1.807) is 0 Å². The normalized spacial score (nSPS) is 11.7. The van der Waals surface area contributed by atoms with Crippen molar-refractivity contribution in [3.63, 3.8) is 0 Å². The van der Waals surface area contributed by atoms with Gasteiger partial charge in [0.05, 0.1) is 6.26 Å². The molecule has 0 aromatic rings. The van der Waals surface area contributed by atoms with Crippen LogP contribution in [0.2, 0.25) is 0 Å². The van der Waals surface area contributed by atoms with Gasteiger partial charge in [-0.2, -0.15) is 0 Å².